The van der Waals surface area contributed by atoms with Crippen molar-refractivity contribution in [2.75, 3.05) is 20.2 Å². The standard InChI is InChI=1S/C15H20ClFN2O2/c1-3-4-11(18-2)7-8-19-15(20)10-21-12-5-6-13(16)14(17)9-12/h4-6,9,18H,3,7-8,10H2,1-2H3,(H,19,20)/b11-4+. The third-order valence-corrected chi connectivity index (χ3v) is 3.06. The molecule has 21 heavy (non-hydrogen) atoms. The lowest BCUT2D eigenvalue weighted by Gasteiger charge is -2.09. The fourth-order valence-corrected chi connectivity index (χ4v) is 1.80. The van der Waals surface area contributed by atoms with Crippen LogP contribution in [-0.4, -0.2) is 26.1 Å². The molecule has 0 bridgehead atoms. The minimum atomic E-state index is -0.571. The number of ether oxygens (including phenoxy) is 1. The van der Waals surface area contributed by atoms with Crippen LogP contribution in [0.25, 0.3) is 0 Å². The molecular weight excluding hydrogens is 295 g/mol. The summed E-state index contributed by atoms with van der Waals surface area (Å²) < 4.78 is 18.4. The van der Waals surface area contributed by atoms with Crippen molar-refractivity contribution in [1.29, 1.82) is 0 Å². The minimum absolute atomic E-state index is 0.0223. The van der Waals surface area contributed by atoms with Crippen LogP contribution in [0.2, 0.25) is 5.02 Å². The highest BCUT2D eigenvalue weighted by Crippen LogP contribution is 2.20. The Morgan fingerprint density at radius 3 is 2.86 bits per heavy atom. The van der Waals surface area contributed by atoms with E-state index < -0.39 is 5.82 Å². The molecule has 1 aromatic rings. The van der Waals surface area contributed by atoms with Crippen LogP contribution in [-0.2, 0) is 4.79 Å². The summed E-state index contributed by atoms with van der Waals surface area (Å²) in [5.74, 6) is -0.552. The molecule has 0 aromatic heterocycles. The van der Waals surface area contributed by atoms with E-state index in [1.807, 2.05) is 7.05 Å². The third-order valence-electron chi connectivity index (χ3n) is 2.75. The van der Waals surface area contributed by atoms with Gasteiger partial charge in [-0.25, -0.2) is 4.39 Å². The fraction of sp³-hybridized carbons (Fsp3) is 0.400. The topological polar surface area (TPSA) is 50.4 Å². The van der Waals surface area contributed by atoms with E-state index in [0.29, 0.717) is 6.54 Å². The number of carbonyl (C=O) groups excluding carboxylic acids is 1. The molecule has 0 saturated heterocycles. The molecule has 1 aromatic carbocycles. The van der Waals surface area contributed by atoms with Gasteiger partial charge in [0.25, 0.3) is 5.91 Å². The highest BCUT2D eigenvalue weighted by molar-refractivity contribution is 6.30. The van der Waals surface area contributed by atoms with Gasteiger partial charge in [-0.05, 0) is 18.6 Å². The van der Waals surface area contributed by atoms with Gasteiger partial charge < -0.3 is 15.4 Å². The first-order chi connectivity index (χ1) is 10.1. The smallest absolute Gasteiger partial charge is 0.257 e. The Morgan fingerprint density at radius 1 is 1.48 bits per heavy atom. The Balaban J connectivity index is 2.31. The predicted octanol–water partition coefficient (Wildman–Crippen LogP) is 2.88. The Morgan fingerprint density at radius 2 is 2.24 bits per heavy atom. The van der Waals surface area contributed by atoms with E-state index in [9.17, 15) is 9.18 Å². The molecule has 0 unspecified atom stereocenters. The molecule has 0 aliphatic rings. The lowest BCUT2D eigenvalue weighted by Crippen LogP contribution is -2.30. The number of hydrogen-bond acceptors (Lipinski definition) is 3. The second-order valence-corrected chi connectivity index (χ2v) is 4.76. The van der Waals surface area contributed by atoms with E-state index in [2.05, 4.69) is 23.6 Å². The molecule has 0 fully saturated rings. The van der Waals surface area contributed by atoms with E-state index in [-0.39, 0.29) is 23.3 Å². The number of hydrogen-bond donors (Lipinski definition) is 2. The van der Waals surface area contributed by atoms with Crippen LogP contribution in [0.15, 0.2) is 30.0 Å². The molecule has 0 saturated carbocycles. The zero-order chi connectivity index (χ0) is 15.7. The largest absolute Gasteiger partial charge is 0.484 e. The monoisotopic (exact) mass is 314 g/mol. The maximum Gasteiger partial charge on any atom is 0.257 e. The first-order valence-corrected chi connectivity index (χ1v) is 7.16. The van der Waals surface area contributed by atoms with E-state index in [4.69, 9.17) is 16.3 Å². The average molecular weight is 315 g/mol. The number of halogens is 2. The van der Waals surface area contributed by atoms with E-state index in [0.717, 1.165) is 24.6 Å². The fourth-order valence-electron chi connectivity index (χ4n) is 1.68. The van der Waals surface area contributed by atoms with Crippen LogP contribution in [0.4, 0.5) is 4.39 Å². The molecular formula is C15H20ClFN2O2. The molecule has 6 heteroatoms. The average Bonchev–Trinajstić information content (AvgIpc) is 2.47. The normalized spacial score (nSPS) is 11.1. The number of carbonyl (C=O) groups is 1. The second-order valence-electron chi connectivity index (χ2n) is 4.35. The number of amides is 1. The summed E-state index contributed by atoms with van der Waals surface area (Å²) in [6, 6.07) is 4.05. The van der Waals surface area contributed by atoms with Crippen molar-refractivity contribution in [1.82, 2.24) is 10.6 Å². The minimum Gasteiger partial charge on any atom is -0.484 e. The van der Waals surface area contributed by atoms with Crippen LogP contribution in [0, 0.1) is 5.82 Å². The Labute approximate surface area is 129 Å². The Kier molecular flexibility index (Phi) is 7.61. The summed E-state index contributed by atoms with van der Waals surface area (Å²) in [5.41, 5.74) is 1.08. The summed E-state index contributed by atoms with van der Waals surface area (Å²) in [6.07, 6.45) is 3.74. The van der Waals surface area contributed by atoms with Gasteiger partial charge in [-0.2, -0.15) is 0 Å². The number of benzene rings is 1. The van der Waals surface area contributed by atoms with Gasteiger partial charge in [-0.3, -0.25) is 4.79 Å². The van der Waals surface area contributed by atoms with Crippen molar-refractivity contribution in [3.8, 4) is 5.75 Å². The first-order valence-electron chi connectivity index (χ1n) is 6.78. The van der Waals surface area contributed by atoms with Gasteiger partial charge in [-0.15, -0.1) is 0 Å². The van der Waals surface area contributed by atoms with Crippen LogP contribution in [0.5, 0.6) is 5.75 Å². The van der Waals surface area contributed by atoms with Crippen molar-refractivity contribution < 1.29 is 13.9 Å². The zero-order valence-corrected chi connectivity index (χ0v) is 13.0. The quantitative estimate of drug-likeness (QED) is 0.776. The molecule has 0 heterocycles. The van der Waals surface area contributed by atoms with Crippen molar-refractivity contribution in [2.45, 2.75) is 19.8 Å². The highest BCUT2D eigenvalue weighted by atomic mass is 35.5. The lowest BCUT2D eigenvalue weighted by atomic mass is 10.2. The van der Waals surface area contributed by atoms with Crippen LogP contribution in [0.1, 0.15) is 19.8 Å². The molecule has 4 nitrogen and oxygen atoms in total. The third kappa shape index (κ3) is 6.49. The van der Waals surface area contributed by atoms with Crippen molar-refractivity contribution in [2.24, 2.45) is 0 Å². The summed E-state index contributed by atoms with van der Waals surface area (Å²) in [4.78, 5) is 11.6. The summed E-state index contributed by atoms with van der Waals surface area (Å²) in [6.45, 7) is 2.41. The lowest BCUT2D eigenvalue weighted by molar-refractivity contribution is -0.123. The van der Waals surface area contributed by atoms with E-state index in [1.54, 1.807) is 0 Å². The van der Waals surface area contributed by atoms with Crippen molar-refractivity contribution in [3.05, 3.63) is 40.8 Å². The molecule has 1 rings (SSSR count). The predicted molar refractivity (Wildman–Crippen MR) is 82.0 cm³/mol. The zero-order valence-electron chi connectivity index (χ0n) is 12.2. The van der Waals surface area contributed by atoms with Gasteiger partial charge in [0.1, 0.15) is 11.6 Å². The number of allylic oxidation sites excluding steroid dienone is 1. The van der Waals surface area contributed by atoms with E-state index in [1.165, 1.54) is 12.1 Å². The van der Waals surface area contributed by atoms with Gasteiger partial charge in [0.15, 0.2) is 6.61 Å². The van der Waals surface area contributed by atoms with Gasteiger partial charge in [-0.1, -0.05) is 24.6 Å². The maximum atomic E-state index is 13.2. The Hall–Kier alpha value is -1.75. The number of nitrogens with one attached hydrogen (secondary N) is 2. The van der Waals surface area contributed by atoms with Gasteiger partial charge in [0.2, 0.25) is 0 Å². The molecule has 0 atom stereocenters. The van der Waals surface area contributed by atoms with Gasteiger partial charge in [0, 0.05) is 31.8 Å². The van der Waals surface area contributed by atoms with Gasteiger partial charge >= 0.3 is 0 Å². The Bertz CT molecular complexity index is 506. The maximum absolute atomic E-state index is 13.2. The highest BCUT2D eigenvalue weighted by Gasteiger charge is 2.05. The van der Waals surface area contributed by atoms with Crippen molar-refractivity contribution >= 4 is 17.5 Å². The summed E-state index contributed by atoms with van der Waals surface area (Å²) in [5, 5.41) is 5.83. The molecule has 116 valence electrons. The molecule has 0 spiro atoms. The molecule has 2 N–H and O–H groups in total. The second kappa shape index (κ2) is 9.23. The van der Waals surface area contributed by atoms with Crippen molar-refractivity contribution in [3.63, 3.8) is 0 Å². The van der Waals surface area contributed by atoms with Crippen LogP contribution >= 0.6 is 11.6 Å². The van der Waals surface area contributed by atoms with E-state index >= 15 is 0 Å². The molecule has 0 aliphatic carbocycles. The molecule has 0 aliphatic heterocycles. The van der Waals surface area contributed by atoms with Crippen LogP contribution < -0.4 is 15.4 Å². The number of rotatable bonds is 8. The summed E-state index contributed by atoms with van der Waals surface area (Å²) >= 11 is 5.56. The van der Waals surface area contributed by atoms with Gasteiger partial charge in [0.05, 0.1) is 5.02 Å². The first kappa shape index (κ1) is 17.3. The molecule has 1 amide bonds. The summed E-state index contributed by atoms with van der Waals surface area (Å²) in [7, 11) is 1.85. The molecule has 0 radical (unpaired) electrons. The van der Waals surface area contributed by atoms with Crippen LogP contribution in [0.3, 0.4) is 0 Å². The SMILES string of the molecule is CC/C=C(\CCNC(=O)COc1ccc(Cl)c(F)c1)NC.